The fourth-order valence-corrected chi connectivity index (χ4v) is 4.27. The Kier molecular flexibility index (Phi) is 12.3. The van der Waals surface area contributed by atoms with Crippen molar-refractivity contribution in [2.24, 2.45) is 0 Å². The maximum atomic E-state index is 12.7. The van der Waals surface area contributed by atoms with Crippen LogP contribution in [0.25, 0.3) is 0 Å². The van der Waals surface area contributed by atoms with E-state index >= 15 is 0 Å². The lowest BCUT2D eigenvalue weighted by atomic mass is 10.0. The number of carbonyl (C=O) groups is 4. The van der Waals surface area contributed by atoms with E-state index in [2.05, 4.69) is 13.8 Å². The molecule has 0 N–H and O–H groups in total. The summed E-state index contributed by atoms with van der Waals surface area (Å²) in [5.74, 6) is -0.997. The van der Waals surface area contributed by atoms with Crippen LogP contribution >= 0.6 is 0 Å². The van der Waals surface area contributed by atoms with Crippen molar-refractivity contribution < 1.29 is 28.7 Å². The van der Waals surface area contributed by atoms with Crippen LogP contribution in [0.15, 0.2) is 72.8 Å². The summed E-state index contributed by atoms with van der Waals surface area (Å²) in [5.41, 5.74) is 3.11. The first-order chi connectivity index (χ1) is 19.4. The topological polar surface area (TPSA) is 86.7 Å². The van der Waals surface area contributed by atoms with Crippen molar-refractivity contribution in [2.75, 3.05) is 0 Å². The van der Waals surface area contributed by atoms with Gasteiger partial charge in [-0.3, -0.25) is 9.59 Å². The second-order valence-electron chi connectivity index (χ2n) is 9.89. The largest absolute Gasteiger partial charge is 0.457 e. The maximum Gasteiger partial charge on any atom is 0.338 e. The predicted octanol–water partition coefficient (Wildman–Crippen LogP) is 7.93. The van der Waals surface area contributed by atoms with E-state index in [-0.39, 0.29) is 35.9 Å². The van der Waals surface area contributed by atoms with E-state index in [9.17, 15) is 19.2 Å². The Bertz CT molecular complexity index is 1210. The van der Waals surface area contributed by atoms with Crippen LogP contribution in [0.1, 0.15) is 118 Å². The van der Waals surface area contributed by atoms with Crippen molar-refractivity contribution in [1.82, 2.24) is 0 Å². The molecule has 0 aliphatic carbocycles. The molecule has 0 aliphatic rings. The highest BCUT2D eigenvalue weighted by atomic mass is 16.5. The second kappa shape index (κ2) is 16.1. The molecule has 0 aliphatic heterocycles. The van der Waals surface area contributed by atoms with Crippen molar-refractivity contribution in [3.63, 3.8) is 0 Å². The van der Waals surface area contributed by atoms with Crippen molar-refractivity contribution >= 4 is 23.5 Å². The van der Waals surface area contributed by atoms with Crippen LogP contribution in [0.4, 0.5) is 0 Å². The summed E-state index contributed by atoms with van der Waals surface area (Å²) in [6, 6.07) is 20.4. The third-order valence-corrected chi connectivity index (χ3v) is 6.59. The molecule has 0 amide bonds. The number of hydrogen-bond acceptors (Lipinski definition) is 6. The van der Waals surface area contributed by atoms with Crippen molar-refractivity contribution in [3.8, 4) is 0 Å². The van der Waals surface area contributed by atoms with E-state index in [1.807, 2.05) is 0 Å². The Morgan fingerprint density at radius 3 is 1.35 bits per heavy atom. The Hall–Kier alpha value is -4.06. The molecule has 0 radical (unpaired) electrons. The summed E-state index contributed by atoms with van der Waals surface area (Å²) in [7, 11) is 0. The lowest BCUT2D eigenvalue weighted by molar-refractivity contribution is 0.0470. The number of ketones is 2. The Balaban J connectivity index is 1.54. The van der Waals surface area contributed by atoms with Gasteiger partial charge >= 0.3 is 11.9 Å². The van der Waals surface area contributed by atoms with Gasteiger partial charge in [-0.15, -0.1) is 0 Å². The van der Waals surface area contributed by atoms with Gasteiger partial charge in [0.15, 0.2) is 11.6 Å². The summed E-state index contributed by atoms with van der Waals surface area (Å²) in [4.78, 5) is 50.2. The Labute approximate surface area is 236 Å². The van der Waals surface area contributed by atoms with Crippen molar-refractivity contribution in [1.29, 1.82) is 0 Å². The smallest absolute Gasteiger partial charge is 0.338 e. The van der Waals surface area contributed by atoms with Crippen LogP contribution < -0.4 is 0 Å². The highest BCUT2D eigenvalue weighted by Crippen LogP contribution is 2.16. The van der Waals surface area contributed by atoms with Crippen LogP contribution in [0, 0.1) is 0 Å². The highest BCUT2D eigenvalue weighted by Gasteiger charge is 2.14. The van der Waals surface area contributed by atoms with E-state index < -0.39 is 11.9 Å². The molecule has 6 heteroatoms. The van der Waals surface area contributed by atoms with Gasteiger partial charge in [-0.2, -0.15) is 0 Å². The molecule has 0 aromatic heterocycles. The minimum atomic E-state index is -0.580. The van der Waals surface area contributed by atoms with E-state index in [1.165, 1.54) is 6.07 Å². The monoisotopic (exact) mass is 542 g/mol. The first-order valence-electron chi connectivity index (χ1n) is 14.1. The maximum absolute atomic E-state index is 12.7. The van der Waals surface area contributed by atoms with Crippen LogP contribution in [0.2, 0.25) is 0 Å². The summed E-state index contributed by atoms with van der Waals surface area (Å²) in [6.45, 7) is 4.21. The van der Waals surface area contributed by atoms with Gasteiger partial charge in [0.05, 0.1) is 11.1 Å². The first-order valence-corrected chi connectivity index (χ1v) is 14.1. The number of carbonyl (C=O) groups excluding carboxylic acids is 4. The number of rotatable bonds is 16. The molecule has 0 saturated carbocycles. The zero-order valence-electron chi connectivity index (χ0n) is 23.4. The number of esters is 2. The zero-order valence-corrected chi connectivity index (χ0v) is 23.4. The molecular formula is C34H38O6. The second-order valence-corrected chi connectivity index (χ2v) is 9.89. The molecule has 3 rings (SSSR count). The SMILES string of the molecule is CCCCCC(=O)c1cccc(COC(=O)c2cccc(C(=O)OCc3cccc(C(=O)CCCCC)c3)c2)c1. The molecule has 3 aromatic carbocycles. The minimum Gasteiger partial charge on any atom is -0.457 e. The van der Waals surface area contributed by atoms with Gasteiger partial charge in [-0.05, 0) is 54.3 Å². The third-order valence-electron chi connectivity index (χ3n) is 6.59. The number of hydrogen-bond donors (Lipinski definition) is 0. The molecule has 6 nitrogen and oxygen atoms in total. The molecular weight excluding hydrogens is 504 g/mol. The predicted molar refractivity (Wildman–Crippen MR) is 155 cm³/mol. The van der Waals surface area contributed by atoms with Crippen LogP contribution in [0.3, 0.4) is 0 Å². The van der Waals surface area contributed by atoms with Gasteiger partial charge in [-0.1, -0.05) is 82.0 Å². The number of benzene rings is 3. The van der Waals surface area contributed by atoms with Crippen LogP contribution in [0.5, 0.6) is 0 Å². The summed E-state index contributed by atoms with van der Waals surface area (Å²) in [6.07, 6.45) is 6.86. The molecule has 0 bridgehead atoms. The zero-order chi connectivity index (χ0) is 28.7. The number of Topliss-reactive ketones (excluding diaryl/α,β-unsaturated/α-hetero) is 2. The van der Waals surface area contributed by atoms with E-state index in [0.29, 0.717) is 24.0 Å². The summed E-state index contributed by atoms with van der Waals surface area (Å²) >= 11 is 0. The fraction of sp³-hybridized carbons (Fsp3) is 0.353. The fourth-order valence-electron chi connectivity index (χ4n) is 4.27. The molecule has 0 fully saturated rings. The molecule has 0 heterocycles. The lowest BCUT2D eigenvalue weighted by Gasteiger charge is -2.09. The van der Waals surface area contributed by atoms with Gasteiger partial charge in [0, 0.05) is 24.0 Å². The van der Waals surface area contributed by atoms with E-state index in [0.717, 1.165) is 49.7 Å². The van der Waals surface area contributed by atoms with E-state index in [4.69, 9.17) is 9.47 Å². The molecule has 0 spiro atoms. The lowest BCUT2D eigenvalue weighted by Crippen LogP contribution is -2.10. The van der Waals surface area contributed by atoms with Gasteiger partial charge in [0.2, 0.25) is 0 Å². The Morgan fingerprint density at radius 2 is 0.925 bits per heavy atom. The van der Waals surface area contributed by atoms with Crippen LogP contribution in [-0.4, -0.2) is 23.5 Å². The van der Waals surface area contributed by atoms with Crippen molar-refractivity contribution in [2.45, 2.75) is 78.4 Å². The molecule has 3 aromatic rings. The normalized spacial score (nSPS) is 10.7. The molecule has 0 atom stereocenters. The van der Waals surface area contributed by atoms with Gasteiger partial charge in [0.25, 0.3) is 0 Å². The highest BCUT2D eigenvalue weighted by molar-refractivity contribution is 5.97. The average molecular weight is 543 g/mol. The number of ether oxygens (including phenoxy) is 2. The molecule has 210 valence electrons. The quantitative estimate of drug-likeness (QED) is 0.104. The van der Waals surface area contributed by atoms with Gasteiger partial charge in [0.1, 0.15) is 13.2 Å². The molecule has 0 saturated heterocycles. The summed E-state index contributed by atoms with van der Waals surface area (Å²) < 4.78 is 10.9. The van der Waals surface area contributed by atoms with Crippen molar-refractivity contribution in [3.05, 3.63) is 106 Å². The number of unbranched alkanes of at least 4 members (excludes halogenated alkanes) is 4. The van der Waals surface area contributed by atoms with Gasteiger partial charge in [-0.25, -0.2) is 9.59 Å². The van der Waals surface area contributed by atoms with Crippen LogP contribution in [-0.2, 0) is 22.7 Å². The molecule has 40 heavy (non-hydrogen) atoms. The average Bonchev–Trinajstić information content (AvgIpc) is 2.99. The summed E-state index contributed by atoms with van der Waals surface area (Å²) in [5, 5.41) is 0. The third kappa shape index (κ3) is 9.60. The molecule has 0 unspecified atom stereocenters. The first kappa shape index (κ1) is 30.5. The van der Waals surface area contributed by atoms with E-state index in [1.54, 1.807) is 66.7 Å². The standard InChI is InChI=1S/C34H38O6/c1-3-5-7-18-31(35)27-14-9-12-25(20-27)23-39-33(37)29-16-11-17-30(22-29)34(38)40-24-26-13-10-15-28(21-26)32(36)19-8-6-4-2/h9-17,20-22H,3-8,18-19,23-24H2,1-2H3. The van der Waals surface area contributed by atoms with Gasteiger partial charge < -0.3 is 9.47 Å². The Morgan fingerprint density at radius 1 is 0.525 bits per heavy atom. The minimum absolute atomic E-state index is 0.0110.